The molecule has 28 heavy (non-hydrogen) atoms. The highest BCUT2D eigenvalue weighted by Crippen LogP contribution is 2.28. The van der Waals surface area contributed by atoms with Crippen molar-refractivity contribution in [3.05, 3.63) is 64.2 Å². The molecule has 1 N–H and O–H groups in total. The Bertz CT molecular complexity index is 831. The van der Waals surface area contributed by atoms with E-state index < -0.39 is 6.17 Å². The third kappa shape index (κ3) is 5.23. The lowest BCUT2D eigenvalue weighted by Crippen LogP contribution is -2.47. The van der Waals surface area contributed by atoms with Crippen molar-refractivity contribution in [2.24, 2.45) is 0 Å². The molecule has 0 radical (unpaired) electrons. The van der Waals surface area contributed by atoms with Gasteiger partial charge in [0.1, 0.15) is 6.17 Å². The van der Waals surface area contributed by atoms with Gasteiger partial charge in [-0.3, -0.25) is 4.90 Å². The number of β-amino-alcohol motifs (C(OH)–C–C–N with tert-alkyl or cyclic N) is 1. The second kappa shape index (κ2) is 9.88. The summed E-state index contributed by atoms with van der Waals surface area (Å²) in [6.45, 7) is 4.43. The van der Waals surface area contributed by atoms with Crippen LogP contribution in [-0.4, -0.2) is 49.3 Å². The molecule has 1 heterocycles. The number of benzene rings is 2. The maximum absolute atomic E-state index is 14.9. The molecule has 148 valence electrons. The van der Waals surface area contributed by atoms with E-state index in [1.54, 1.807) is 18.2 Å². The second-order valence-corrected chi connectivity index (χ2v) is 7.50. The molecule has 1 saturated heterocycles. The number of nitrogens with zero attached hydrogens (tertiary/aromatic N) is 3. The van der Waals surface area contributed by atoms with Crippen LogP contribution in [-0.2, 0) is 6.42 Å². The molecule has 0 saturated carbocycles. The summed E-state index contributed by atoms with van der Waals surface area (Å²) in [6.07, 6.45) is -0.271. The van der Waals surface area contributed by atoms with Crippen LogP contribution in [0.5, 0.6) is 0 Å². The van der Waals surface area contributed by atoms with E-state index >= 15 is 0 Å². The first kappa shape index (κ1) is 20.6. The number of alkyl halides is 1. The Morgan fingerprint density at radius 3 is 2.64 bits per heavy atom. The first-order valence-electron chi connectivity index (χ1n) is 9.61. The van der Waals surface area contributed by atoms with Gasteiger partial charge in [0.05, 0.1) is 18.2 Å². The summed E-state index contributed by atoms with van der Waals surface area (Å²) in [5.41, 5.74) is 3.04. The van der Waals surface area contributed by atoms with Crippen molar-refractivity contribution in [2.45, 2.75) is 19.0 Å². The maximum Gasteiger partial charge on any atom is 0.126 e. The van der Waals surface area contributed by atoms with E-state index in [2.05, 4.69) is 15.9 Å². The number of rotatable bonds is 7. The van der Waals surface area contributed by atoms with E-state index in [9.17, 15) is 9.65 Å². The number of anilines is 1. The number of aliphatic hydroxyl groups excluding tert-OH is 1. The molecule has 1 atom stereocenters. The Labute approximate surface area is 170 Å². The number of piperazine rings is 1. The van der Waals surface area contributed by atoms with Gasteiger partial charge >= 0.3 is 0 Å². The molecule has 0 bridgehead atoms. The molecule has 0 amide bonds. The van der Waals surface area contributed by atoms with Gasteiger partial charge in [-0.2, -0.15) is 5.26 Å². The van der Waals surface area contributed by atoms with Crippen LogP contribution in [0.15, 0.2) is 42.5 Å². The van der Waals surface area contributed by atoms with Gasteiger partial charge < -0.3 is 10.0 Å². The standard InChI is InChI=1S/C22H25ClFN3O/c23-20-6-4-17(19(14-20)16-25)5-7-22(24)18-2-1-3-21(15-18)27-10-8-26(9-11-27)12-13-28/h1-4,6,14-15,22,28H,5,7-13H2/t22-/m1/s1. The topological polar surface area (TPSA) is 50.5 Å². The van der Waals surface area contributed by atoms with Crippen LogP contribution >= 0.6 is 11.6 Å². The van der Waals surface area contributed by atoms with Gasteiger partial charge in [0.25, 0.3) is 0 Å². The number of hydrogen-bond donors (Lipinski definition) is 1. The molecule has 1 aliphatic rings. The van der Waals surface area contributed by atoms with Crippen LogP contribution in [0, 0.1) is 11.3 Å². The van der Waals surface area contributed by atoms with Gasteiger partial charge in [0.2, 0.25) is 0 Å². The summed E-state index contributed by atoms with van der Waals surface area (Å²) in [5, 5.41) is 18.8. The predicted octanol–water partition coefficient (Wildman–Crippen LogP) is 3.97. The number of hydrogen-bond acceptors (Lipinski definition) is 4. The monoisotopic (exact) mass is 401 g/mol. The molecule has 6 heteroatoms. The zero-order valence-electron chi connectivity index (χ0n) is 15.8. The highest BCUT2D eigenvalue weighted by atomic mass is 35.5. The summed E-state index contributed by atoms with van der Waals surface area (Å²) in [6, 6.07) is 15.0. The van der Waals surface area contributed by atoms with Crippen molar-refractivity contribution in [1.82, 2.24) is 4.90 Å². The molecule has 2 aromatic carbocycles. The van der Waals surface area contributed by atoms with Crippen molar-refractivity contribution in [3.8, 4) is 6.07 Å². The largest absolute Gasteiger partial charge is 0.395 e. The summed E-state index contributed by atoms with van der Waals surface area (Å²) in [5.74, 6) is 0. The Balaban J connectivity index is 1.61. The second-order valence-electron chi connectivity index (χ2n) is 7.07. The van der Waals surface area contributed by atoms with E-state index in [1.807, 2.05) is 24.3 Å². The maximum atomic E-state index is 14.9. The van der Waals surface area contributed by atoms with Gasteiger partial charge in [-0.25, -0.2) is 4.39 Å². The first-order valence-corrected chi connectivity index (χ1v) is 9.99. The Kier molecular flexibility index (Phi) is 7.27. The Morgan fingerprint density at radius 1 is 1.14 bits per heavy atom. The molecule has 0 spiro atoms. The van der Waals surface area contributed by atoms with Crippen LogP contribution < -0.4 is 4.90 Å². The number of aryl methyl sites for hydroxylation is 1. The molecule has 0 aliphatic carbocycles. The molecule has 0 aromatic heterocycles. The number of nitriles is 1. The summed E-state index contributed by atoms with van der Waals surface area (Å²) in [7, 11) is 0. The molecule has 1 aliphatic heterocycles. The number of halogens is 2. The minimum Gasteiger partial charge on any atom is -0.395 e. The lowest BCUT2D eigenvalue weighted by atomic mass is 9.99. The smallest absolute Gasteiger partial charge is 0.126 e. The number of aliphatic hydroxyl groups is 1. The van der Waals surface area contributed by atoms with E-state index in [0.29, 0.717) is 35.5 Å². The summed E-state index contributed by atoms with van der Waals surface area (Å²) in [4.78, 5) is 4.49. The van der Waals surface area contributed by atoms with Gasteiger partial charge in [-0.05, 0) is 48.2 Å². The van der Waals surface area contributed by atoms with Crippen LogP contribution in [0.2, 0.25) is 5.02 Å². The van der Waals surface area contributed by atoms with Crippen LogP contribution in [0.25, 0.3) is 0 Å². The van der Waals surface area contributed by atoms with Crippen molar-refractivity contribution in [1.29, 1.82) is 5.26 Å². The van der Waals surface area contributed by atoms with E-state index in [-0.39, 0.29) is 6.61 Å². The summed E-state index contributed by atoms with van der Waals surface area (Å²) >= 11 is 5.93. The highest BCUT2D eigenvalue weighted by Gasteiger charge is 2.18. The fourth-order valence-electron chi connectivity index (χ4n) is 3.61. The molecule has 0 unspecified atom stereocenters. The van der Waals surface area contributed by atoms with Crippen LogP contribution in [0.1, 0.15) is 29.3 Å². The van der Waals surface area contributed by atoms with Gasteiger partial charge in [0, 0.05) is 43.4 Å². The predicted molar refractivity (Wildman–Crippen MR) is 111 cm³/mol. The molecular formula is C22H25ClFN3O. The summed E-state index contributed by atoms with van der Waals surface area (Å²) < 4.78 is 14.9. The van der Waals surface area contributed by atoms with Crippen LogP contribution in [0.4, 0.5) is 10.1 Å². The normalized spacial score (nSPS) is 16.0. The Morgan fingerprint density at radius 2 is 1.93 bits per heavy atom. The minimum atomic E-state index is -1.09. The van der Waals surface area contributed by atoms with Gasteiger partial charge in [0.15, 0.2) is 0 Å². The first-order chi connectivity index (χ1) is 13.6. The van der Waals surface area contributed by atoms with E-state index in [4.69, 9.17) is 16.7 Å². The van der Waals surface area contributed by atoms with Crippen LogP contribution in [0.3, 0.4) is 0 Å². The zero-order valence-corrected chi connectivity index (χ0v) is 16.6. The molecule has 2 aromatic rings. The van der Waals surface area contributed by atoms with E-state index in [1.165, 1.54) is 0 Å². The quantitative estimate of drug-likeness (QED) is 0.762. The fourth-order valence-corrected chi connectivity index (χ4v) is 3.78. The average molecular weight is 402 g/mol. The van der Waals surface area contributed by atoms with Crippen molar-refractivity contribution < 1.29 is 9.50 Å². The third-order valence-corrected chi connectivity index (χ3v) is 5.48. The van der Waals surface area contributed by atoms with Crippen molar-refractivity contribution in [2.75, 3.05) is 44.2 Å². The van der Waals surface area contributed by atoms with Crippen molar-refractivity contribution in [3.63, 3.8) is 0 Å². The lowest BCUT2D eigenvalue weighted by molar-refractivity contribution is 0.189. The van der Waals surface area contributed by atoms with Crippen molar-refractivity contribution >= 4 is 17.3 Å². The third-order valence-electron chi connectivity index (χ3n) is 5.25. The molecule has 3 rings (SSSR count). The Hall–Kier alpha value is -2.13. The molecule has 4 nitrogen and oxygen atoms in total. The molecule has 1 fully saturated rings. The highest BCUT2D eigenvalue weighted by molar-refractivity contribution is 6.30. The van der Waals surface area contributed by atoms with Gasteiger partial charge in [-0.1, -0.05) is 29.8 Å². The fraction of sp³-hybridized carbons (Fsp3) is 0.409. The lowest BCUT2D eigenvalue weighted by Gasteiger charge is -2.36. The minimum absolute atomic E-state index is 0.181. The van der Waals surface area contributed by atoms with E-state index in [0.717, 1.165) is 37.4 Å². The molecular weight excluding hydrogens is 377 g/mol. The van der Waals surface area contributed by atoms with Gasteiger partial charge in [-0.15, -0.1) is 0 Å². The average Bonchev–Trinajstić information content (AvgIpc) is 2.73. The zero-order chi connectivity index (χ0) is 19.9. The SMILES string of the molecule is N#Cc1cc(Cl)ccc1CC[C@@H](F)c1cccc(N2CCN(CCO)CC2)c1.